The third-order valence-electron chi connectivity index (χ3n) is 2.61. The van der Waals surface area contributed by atoms with E-state index in [0.717, 1.165) is 25.1 Å². The predicted molar refractivity (Wildman–Crippen MR) is 68.8 cm³/mol. The minimum atomic E-state index is 0.387. The van der Waals surface area contributed by atoms with Crippen LogP contribution in [0.4, 0.5) is 0 Å². The summed E-state index contributed by atoms with van der Waals surface area (Å²) in [7, 11) is 1.70. The molecule has 1 N–H and O–H groups in total. The summed E-state index contributed by atoms with van der Waals surface area (Å²) in [5, 5.41) is 3.48. The van der Waals surface area contributed by atoms with Gasteiger partial charge in [0.05, 0.1) is 7.11 Å². The van der Waals surface area contributed by atoms with E-state index in [2.05, 4.69) is 31.0 Å². The van der Waals surface area contributed by atoms with Crippen LogP contribution in [0.5, 0.6) is 5.75 Å². The van der Waals surface area contributed by atoms with Crippen LogP contribution in [0, 0.1) is 0 Å². The lowest BCUT2D eigenvalue weighted by Gasteiger charge is -2.18. The fourth-order valence-electron chi connectivity index (χ4n) is 1.78. The fraction of sp³-hybridized carbons (Fsp3) is 0.429. The molecule has 0 aliphatic heterocycles. The SMILES string of the molecule is C=CCCC(NCC)c1cccc(OC)c1. The summed E-state index contributed by atoms with van der Waals surface area (Å²) in [5.41, 5.74) is 1.28. The molecule has 0 amide bonds. The zero-order valence-corrected chi connectivity index (χ0v) is 10.2. The van der Waals surface area contributed by atoms with Crippen LogP contribution in [0.2, 0.25) is 0 Å². The lowest BCUT2D eigenvalue weighted by molar-refractivity contribution is 0.412. The number of benzene rings is 1. The van der Waals surface area contributed by atoms with Crippen molar-refractivity contribution < 1.29 is 4.74 Å². The first kappa shape index (κ1) is 12.8. The molecule has 16 heavy (non-hydrogen) atoms. The second-order valence-corrected chi connectivity index (χ2v) is 3.75. The highest BCUT2D eigenvalue weighted by Gasteiger charge is 2.09. The maximum absolute atomic E-state index is 5.24. The highest BCUT2D eigenvalue weighted by molar-refractivity contribution is 5.30. The Bertz CT molecular complexity index is 322. The van der Waals surface area contributed by atoms with Crippen LogP contribution >= 0.6 is 0 Å². The zero-order chi connectivity index (χ0) is 11.8. The van der Waals surface area contributed by atoms with Crippen LogP contribution in [0.1, 0.15) is 31.4 Å². The molecule has 1 atom stereocenters. The van der Waals surface area contributed by atoms with E-state index < -0.39 is 0 Å². The van der Waals surface area contributed by atoms with E-state index in [4.69, 9.17) is 4.74 Å². The summed E-state index contributed by atoms with van der Waals surface area (Å²) in [5.74, 6) is 0.916. The van der Waals surface area contributed by atoms with Gasteiger partial charge < -0.3 is 10.1 Å². The first-order valence-electron chi connectivity index (χ1n) is 5.80. The van der Waals surface area contributed by atoms with Crippen molar-refractivity contribution in [3.8, 4) is 5.75 Å². The lowest BCUT2D eigenvalue weighted by Crippen LogP contribution is -2.20. The van der Waals surface area contributed by atoms with Gasteiger partial charge in [-0.15, -0.1) is 6.58 Å². The van der Waals surface area contributed by atoms with E-state index in [-0.39, 0.29) is 0 Å². The fourth-order valence-corrected chi connectivity index (χ4v) is 1.78. The molecule has 0 fully saturated rings. The van der Waals surface area contributed by atoms with Gasteiger partial charge >= 0.3 is 0 Å². The molecule has 88 valence electrons. The normalized spacial score (nSPS) is 12.1. The Balaban J connectivity index is 2.77. The summed E-state index contributed by atoms with van der Waals surface area (Å²) >= 11 is 0. The van der Waals surface area contributed by atoms with Gasteiger partial charge in [0, 0.05) is 6.04 Å². The molecule has 0 aliphatic carbocycles. The molecular formula is C14H21NO. The third kappa shape index (κ3) is 3.70. The van der Waals surface area contributed by atoms with Crippen LogP contribution in [-0.2, 0) is 0 Å². The first-order chi connectivity index (χ1) is 7.81. The van der Waals surface area contributed by atoms with E-state index in [1.807, 2.05) is 18.2 Å². The quantitative estimate of drug-likeness (QED) is 0.710. The van der Waals surface area contributed by atoms with Gasteiger partial charge in [-0.05, 0) is 37.1 Å². The smallest absolute Gasteiger partial charge is 0.119 e. The predicted octanol–water partition coefficient (Wildman–Crippen LogP) is 3.31. The van der Waals surface area contributed by atoms with E-state index in [1.165, 1.54) is 5.56 Å². The van der Waals surface area contributed by atoms with Crippen LogP contribution < -0.4 is 10.1 Å². The van der Waals surface area contributed by atoms with Crippen LogP contribution in [-0.4, -0.2) is 13.7 Å². The van der Waals surface area contributed by atoms with E-state index in [0.29, 0.717) is 6.04 Å². The number of hydrogen-bond acceptors (Lipinski definition) is 2. The molecular weight excluding hydrogens is 198 g/mol. The Morgan fingerprint density at radius 1 is 1.50 bits per heavy atom. The molecule has 0 radical (unpaired) electrons. The Kier molecular flexibility index (Phi) is 5.65. The molecule has 1 aromatic carbocycles. The van der Waals surface area contributed by atoms with Gasteiger partial charge in [-0.25, -0.2) is 0 Å². The second kappa shape index (κ2) is 7.07. The van der Waals surface area contributed by atoms with Crippen LogP contribution in [0.3, 0.4) is 0 Å². The number of nitrogens with one attached hydrogen (secondary N) is 1. The highest BCUT2D eigenvalue weighted by Crippen LogP contribution is 2.22. The Hall–Kier alpha value is -1.28. The van der Waals surface area contributed by atoms with Crippen molar-refractivity contribution >= 4 is 0 Å². The van der Waals surface area contributed by atoms with Crippen molar-refractivity contribution in [3.05, 3.63) is 42.5 Å². The summed E-state index contributed by atoms with van der Waals surface area (Å²) < 4.78 is 5.24. The minimum absolute atomic E-state index is 0.387. The maximum Gasteiger partial charge on any atom is 0.119 e. The molecule has 0 aliphatic rings. The largest absolute Gasteiger partial charge is 0.497 e. The van der Waals surface area contributed by atoms with Crippen molar-refractivity contribution in [1.29, 1.82) is 0 Å². The van der Waals surface area contributed by atoms with E-state index in [9.17, 15) is 0 Å². The summed E-state index contributed by atoms with van der Waals surface area (Å²) in [4.78, 5) is 0. The maximum atomic E-state index is 5.24. The molecule has 0 saturated carbocycles. The summed E-state index contributed by atoms with van der Waals surface area (Å²) in [6.45, 7) is 6.87. The average molecular weight is 219 g/mol. The molecule has 0 bridgehead atoms. The molecule has 0 spiro atoms. The molecule has 0 saturated heterocycles. The van der Waals surface area contributed by atoms with Gasteiger partial charge in [-0.1, -0.05) is 25.1 Å². The molecule has 0 aromatic heterocycles. The molecule has 2 nitrogen and oxygen atoms in total. The minimum Gasteiger partial charge on any atom is -0.497 e. The highest BCUT2D eigenvalue weighted by atomic mass is 16.5. The zero-order valence-electron chi connectivity index (χ0n) is 10.2. The number of methoxy groups -OCH3 is 1. The second-order valence-electron chi connectivity index (χ2n) is 3.75. The molecule has 0 heterocycles. The lowest BCUT2D eigenvalue weighted by atomic mass is 10.0. The molecule has 2 heteroatoms. The average Bonchev–Trinajstić information content (AvgIpc) is 2.34. The Morgan fingerprint density at radius 3 is 2.94 bits per heavy atom. The first-order valence-corrected chi connectivity index (χ1v) is 5.80. The monoisotopic (exact) mass is 219 g/mol. The standard InChI is InChI=1S/C14H21NO/c1-4-6-10-14(15-5-2)12-8-7-9-13(11-12)16-3/h4,7-9,11,14-15H,1,5-6,10H2,2-3H3. The number of ether oxygens (including phenoxy) is 1. The van der Waals surface area contributed by atoms with Gasteiger partial charge in [-0.3, -0.25) is 0 Å². The van der Waals surface area contributed by atoms with Gasteiger partial charge in [0.15, 0.2) is 0 Å². The Labute approximate surface area is 98.3 Å². The van der Waals surface area contributed by atoms with Gasteiger partial charge in [0.25, 0.3) is 0 Å². The topological polar surface area (TPSA) is 21.3 Å². The molecule has 1 aromatic rings. The van der Waals surface area contributed by atoms with Crippen molar-refractivity contribution in [2.24, 2.45) is 0 Å². The van der Waals surface area contributed by atoms with Crippen LogP contribution in [0.15, 0.2) is 36.9 Å². The van der Waals surface area contributed by atoms with E-state index >= 15 is 0 Å². The van der Waals surface area contributed by atoms with Gasteiger partial charge in [-0.2, -0.15) is 0 Å². The molecule has 1 unspecified atom stereocenters. The van der Waals surface area contributed by atoms with Crippen LogP contribution in [0.25, 0.3) is 0 Å². The van der Waals surface area contributed by atoms with Gasteiger partial charge in [0.1, 0.15) is 5.75 Å². The summed E-state index contributed by atoms with van der Waals surface area (Å²) in [6.07, 6.45) is 4.06. The van der Waals surface area contributed by atoms with Crippen molar-refractivity contribution in [2.75, 3.05) is 13.7 Å². The number of rotatable bonds is 7. The number of allylic oxidation sites excluding steroid dienone is 1. The van der Waals surface area contributed by atoms with E-state index in [1.54, 1.807) is 7.11 Å². The van der Waals surface area contributed by atoms with Crippen molar-refractivity contribution in [1.82, 2.24) is 5.32 Å². The van der Waals surface area contributed by atoms with Gasteiger partial charge in [0.2, 0.25) is 0 Å². The summed E-state index contributed by atoms with van der Waals surface area (Å²) in [6, 6.07) is 8.63. The van der Waals surface area contributed by atoms with Crippen molar-refractivity contribution in [2.45, 2.75) is 25.8 Å². The Morgan fingerprint density at radius 2 is 2.31 bits per heavy atom. The van der Waals surface area contributed by atoms with Crippen molar-refractivity contribution in [3.63, 3.8) is 0 Å². The number of hydrogen-bond donors (Lipinski definition) is 1. The third-order valence-corrected chi connectivity index (χ3v) is 2.61. The molecule has 1 rings (SSSR count).